The van der Waals surface area contributed by atoms with Gasteiger partial charge in [-0.15, -0.1) is 0 Å². The first-order valence-corrected chi connectivity index (χ1v) is 14.9. The van der Waals surface area contributed by atoms with E-state index in [9.17, 15) is 0 Å². The van der Waals surface area contributed by atoms with E-state index in [1.54, 1.807) is 6.20 Å². The molecule has 0 amide bonds. The molecule has 0 N–H and O–H groups in total. The smallest absolute Gasteiger partial charge is 0.138 e. The first-order valence-electron chi connectivity index (χ1n) is 14.9. The van der Waals surface area contributed by atoms with Gasteiger partial charge in [-0.2, -0.15) is 0 Å². The van der Waals surface area contributed by atoms with Gasteiger partial charge in [-0.25, -0.2) is 0 Å². The Hall–Kier alpha value is -5.93. The Bertz CT molecular complexity index is 2490. The average Bonchev–Trinajstić information content (AvgIpc) is 3.47. The zero-order valence-electron chi connectivity index (χ0n) is 23.8. The Balaban J connectivity index is 1.12. The molecule has 3 heteroatoms. The first kappa shape index (κ1) is 24.6. The van der Waals surface area contributed by atoms with Gasteiger partial charge in [0.2, 0.25) is 0 Å². The van der Waals surface area contributed by atoms with Crippen LogP contribution in [0.15, 0.2) is 162 Å². The van der Waals surface area contributed by atoms with Crippen LogP contribution < -0.4 is 4.90 Å². The molecule has 0 saturated carbocycles. The van der Waals surface area contributed by atoms with Crippen molar-refractivity contribution in [2.75, 3.05) is 4.90 Å². The van der Waals surface area contributed by atoms with E-state index < -0.39 is 0 Å². The standard InChI is InChI=1S/C41H26N2O/c1-2-7-31(8-3-1)43(33-17-21-40-38(25-33)39-26-42-23-22-41(39)44-40)32-15-10-27(11-16-32)29-13-18-35-30(24-29)14-20-36-34-9-5-4-6-28(34)12-19-37(35)36/h1-26H. The lowest BCUT2D eigenvalue weighted by atomic mass is 9.95. The molecule has 44 heavy (non-hydrogen) atoms. The molecule has 0 radical (unpaired) electrons. The second-order valence-corrected chi connectivity index (χ2v) is 11.3. The molecule has 206 valence electrons. The van der Waals surface area contributed by atoms with Crippen LogP contribution in [0.3, 0.4) is 0 Å². The average molecular weight is 563 g/mol. The quantitative estimate of drug-likeness (QED) is 0.200. The summed E-state index contributed by atoms with van der Waals surface area (Å²) in [5.74, 6) is 0. The minimum absolute atomic E-state index is 0.847. The van der Waals surface area contributed by atoms with Crippen molar-refractivity contribution >= 4 is 71.3 Å². The summed E-state index contributed by atoms with van der Waals surface area (Å²) in [7, 11) is 0. The number of benzene rings is 7. The summed E-state index contributed by atoms with van der Waals surface area (Å²) in [6.45, 7) is 0. The monoisotopic (exact) mass is 562 g/mol. The van der Waals surface area contributed by atoms with Crippen LogP contribution in [0, 0.1) is 0 Å². The highest BCUT2D eigenvalue weighted by Crippen LogP contribution is 2.39. The second-order valence-electron chi connectivity index (χ2n) is 11.3. The van der Waals surface area contributed by atoms with Crippen molar-refractivity contribution in [1.29, 1.82) is 0 Å². The molecule has 7 aromatic carbocycles. The van der Waals surface area contributed by atoms with E-state index >= 15 is 0 Å². The number of anilines is 3. The minimum Gasteiger partial charge on any atom is -0.456 e. The Morgan fingerprint density at radius 2 is 1.07 bits per heavy atom. The molecule has 0 aliphatic rings. The molecule has 0 unspecified atom stereocenters. The number of pyridine rings is 1. The number of furan rings is 1. The van der Waals surface area contributed by atoms with E-state index in [1.165, 1.54) is 43.4 Å². The lowest BCUT2D eigenvalue weighted by Crippen LogP contribution is -2.09. The highest BCUT2D eigenvalue weighted by Gasteiger charge is 2.16. The molecule has 0 aliphatic heterocycles. The Morgan fingerprint density at radius 1 is 0.409 bits per heavy atom. The predicted octanol–water partition coefficient (Wildman–Crippen LogP) is 11.6. The highest BCUT2D eigenvalue weighted by atomic mass is 16.3. The van der Waals surface area contributed by atoms with Gasteiger partial charge in [0.05, 0.1) is 0 Å². The van der Waals surface area contributed by atoms with Gasteiger partial charge in [0.1, 0.15) is 11.2 Å². The van der Waals surface area contributed by atoms with Gasteiger partial charge in [-0.05, 0) is 98.0 Å². The van der Waals surface area contributed by atoms with Crippen molar-refractivity contribution < 1.29 is 4.42 Å². The number of nitrogens with zero attached hydrogens (tertiary/aromatic N) is 2. The maximum Gasteiger partial charge on any atom is 0.138 e. The molecule has 2 aromatic heterocycles. The number of hydrogen-bond acceptors (Lipinski definition) is 3. The maximum absolute atomic E-state index is 6.08. The fourth-order valence-corrected chi connectivity index (χ4v) is 6.58. The third-order valence-electron chi connectivity index (χ3n) is 8.73. The van der Waals surface area contributed by atoms with E-state index in [-0.39, 0.29) is 0 Å². The number of aromatic nitrogens is 1. The highest BCUT2D eigenvalue weighted by molar-refractivity contribution is 6.17. The molecular formula is C41H26N2O. The molecule has 0 spiro atoms. The van der Waals surface area contributed by atoms with Crippen LogP contribution in [0.5, 0.6) is 0 Å². The van der Waals surface area contributed by atoms with E-state index in [1.807, 2.05) is 12.3 Å². The third-order valence-corrected chi connectivity index (χ3v) is 8.73. The molecule has 0 saturated heterocycles. The van der Waals surface area contributed by atoms with Crippen LogP contribution in [0.2, 0.25) is 0 Å². The summed E-state index contributed by atoms with van der Waals surface area (Å²) in [6.07, 6.45) is 3.64. The number of rotatable bonds is 4. The largest absolute Gasteiger partial charge is 0.456 e. The van der Waals surface area contributed by atoms with Gasteiger partial charge in [0.25, 0.3) is 0 Å². The Labute approximate surface area is 254 Å². The number of hydrogen-bond donors (Lipinski definition) is 0. The molecule has 9 aromatic rings. The maximum atomic E-state index is 6.08. The van der Waals surface area contributed by atoms with E-state index in [4.69, 9.17) is 4.42 Å². The SMILES string of the molecule is c1ccc(N(c2ccc(-c3ccc4c(ccc5c6ccccc6ccc45)c3)cc2)c2ccc3oc4ccncc4c3c2)cc1. The first-order chi connectivity index (χ1) is 21.8. The molecule has 0 fully saturated rings. The van der Waals surface area contributed by atoms with Crippen LogP contribution >= 0.6 is 0 Å². The summed E-state index contributed by atoms with van der Waals surface area (Å²) in [4.78, 5) is 6.62. The van der Waals surface area contributed by atoms with Crippen LogP contribution in [0.1, 0.15) is 0 Å². The van der Waals surface area contributed by atoms with Gasteiger partial charge in [0, 0.05) is 40.2 Å². The van der Waals surface area contributed by atoms with Gasteiger partial charge in [0.15, 0.2) is 0 Å². The van der Waals surface area contributed by atoms with Crippen LogP contribution in [0.4, 0.5) is 17.1 Å². The molecule has 0 aliphatic carbocycles. The molecule has 9 rings (SSSR count). The Morgan fingerprint density at radius 3 is 1.93 bits per heavy atom. The van der Waals surface area contributed by atoms with E-state index in [0.29, 0.717) is 0 Å². The molecule has 0 atom stereocenters. The lowest BCUT2D eigenvalue weighted by Gasteiger charge is -2.25. The van der Waals surface area contributed by atoms with Crippen molar-refractivity contribution in [2.24, 2.45) is 0 Å². The summed E-state index contributed by atoms with van der Waals surface area (Å²) in [5.41, 5.74) is 7.34. The van der Waals surface area contributed by atoms with Crippen molar-refractivity contribution in [2.45, 2.75) is 0 Å². The second kappa shape index (κ2) is 9.82. The fraction of sp³-hybridized carbons (Fsp3) is 0. The molecule has 0 bridgehead atoms. The van der Waals surface area contributed by atoms with E-state index in [0.717, 1.165) is 39.0 Å². The van der Waals surface area contributed by atoms with Gasteiger partial charge in [-0.1, -0.05) is 91.0 Å². The zero-order valence-corrected chi connectivity index (χ0v) is 23.8. The number of para-hydroxylation sites is 1. The summed E-state index contributed by atoms with van der Waals surface area (Å²) in [6, 6.07) is 52.1. The van der Waals surface area contributed by atoms with E-state index in [2.05, 4.69) is 149 Å². The number of fused-ring (bicyclic) bond motifs is 8. The summed E-state index contributed by atoms with van der Waals surface area (Å²) in [5, 5.41) is 9.76. The van der Waals surface area contributed by atoms with Gasteiger partial charge < -0.3 is 9.32 Å². The van der Waals surface area contributed by atoms with Crippen molar-refractivity contribution in [3.05, 3.63) is 158 Å². The minimum atomic E-state index is 0.847. The molecule has 3 nitrogen and oxygen atoms in total. The Kier molecular flexibility index (Phi) is 5.50. The molecular weight excluding hydrogens is 536 g/mol. The van der Waals surface area contributed by atoms with Crippen LogP contribution in [0.25, 0.3) is 65.4 Å². The summed E-state index contributed by atoms with van der Waals surface area (Å²) < 4.78 is 6.08. The van der Waals surface area contributed by atoms with Crippen LogP contribution in [-0.2, 0) is 0 Å². The van der Waals surface area contributed by atoms with Gasteiger partial charge >= 0.3 is 0 Å². The zero-order chi connectivity index (χ0) is 29.0. The predicted molar refractivity (Wildman–Crippen MR) is 184 cm³/mol. The summed E-state index contributed by atoms with van der Waals surface area (Å²) >= 11 is 0. The molecule has 2 heterocycles. The van der Waals surface area contributed by atoms with Crippen molar-refractivity contribution in [3.63, 3.8) is 0 Å². The van der Waals surface area contributed by atoms with Gasteiger partial charge in [-0.3, -0.25) is 4.98 Å². The lowest BCUT2D eigenvalue weighted by molar-refractivity contribution is 0.668. The topological polar surface area (TPSA) is 29.3 Å². The van der Waals surface area contributed by atoms with Crippen molar-refractivity contribution in [3.8, 4) is 11.1 Å². The van der Waals surface area contributed by atoms with Crippen LogP contribution in [-0.4, -0.2) is 4.98 Å². The fourth-order valence-electron chi connectivity index (χ4n) is 6.58. The third kappa shape index (κ3) is 3.94. The van der Waals surface area contributed by atoms with Crippen molar-refractivity contribution in [1.82, 2.24) is 4.98 Å². The normalized spacial score (nSPS) is 11.6.